The first-order chi connectivity index (χ1) is 8.81. The molecule has 1 atom stereocenters. The molecule has 1 saturated heterocycles. The summed E-state index contributed by atoms with van der Waals surface area (Å²) >= 11 is 3.85. The second-order valence-corrected chi connectivity index (χ2v) is 6.75. The summed E-state index contributed by atoms with van der Waals surface area (Å²) in [5.74, 6) is 2.53. The Morgan fingerprint density at radius 1 is 1.44 bits per heavy atom. The summed E-state index contributed by atoms with van der Waals surface area (Å²) in [5, 5.41) is 6.91. The molecular weight excluding hydrogens is 262 g/mol. The van der Waals surface area contributed by atoms with Crippen LogP contribution in [-0.2, 0) is 0 Å². The molecule has 1 aromatic heterocycles. The van der Waals surface area contributed by atoms with E-state index in [-0.39, 0.29) is 0 Å². The van der Waals surface area contributed by atoms with Gasteiger partial charge < -0.3 is 10.2 Å². The predicted molar refractivity (Wildman–Crippen MR) is 83.0 cm³/mol. The largest absolute Gasteiger partial charge is 0.347 e. The van der Waals surface area contributed by atoms with Gasteiger partial charge in [-0.2, -0.15) is 11.8 Å². The predicted octanol–water partition coefficient (Wildman–Crippen LogP) is 3.15. The number of nitrogens with one attached hydrogen (secondary N) is 1. The van der Waals surface area contributed by atoms with Gasteiger partial charge in [0.15, 0.2) is 5.13 Å². The van der Waals surface area contributed by atoms with Crippen LogP contribution in [0, 0.1) is 0 Å². The number of thioether (sulfide) groups is 1. The number of hydrogen-bond donors (Lipinski definition) is 1. The summed E-state index contributed by atoms with van der Waals surface area (Å²) in [7, 11) is 0. The van der Waals surface area contributed by atoms with Crippen LogP contribution in [0.25, 0.3) is 0 Å². The Hall–Kier alpha value is -0.260. The maximum Gasteiger partial charge on any atom is 0.185 e. The van der Waals surface area contributed by atoms with E-state index in [9.17, 15) is 0 Å². The molecule has 3 nitrogen and oxygen atoms in total. The normalized spacial score (nSPS) is 18.7. The molecule has 0 bridgehead atoms. The molecule has 2 rings (SSSR count). The van der Waals surface area contributed by atoms with E-state index in [1.165, 1.54) is 35.2 Å². The summed E-state index contributed by atoms with van der Waals surface area (Å²) < 4.78 is 0. The molecule has 0 saturated carbocycles. The van der Waals surface area contributed by atoms with Crippen molar-refractivity contribution in [2.75, 3.05) is 36.0 Å². The smallest absolute Gasteiger partial charge is 0.185 e. The van der Waals surface area contributed by atoms with Gasteiger partial charge in [-0.05, 0) is 32.1 Å². The summed E-state index contributed by atoms with van der Waals surface area (Å²) in [4.78, 5) is 7.25. The van der Waals surface area contributed by atoms with Crippen molar-refractivity contribution < 1.29 is 0 Å². The van der Waals surface area contributed by atoms with Crippen LogP contribution in [0.4, 0.5) is 5.13 Å². The van der Waals surface area contributed by atoms with E-state index >= 15 is 0 Å². The van der Waals surface area contributed by atoms with Gasteiger partial charge in [-0.25, -0.2) is 4.98 Å². The highest BCUT2D eigenvalue weighted by Crippen LogP contribution is 2.25. The van der Waals surface area contributed by atoms with E-state index in [0.717, 1.165) is 19.6 Å². The number of thiazole rings is 1. The van der Waals surface area contributed by atoms with Crippen LogP contribution >= 0.6 is 23.1 Å². The van der Waals surface area contributed by atoms with E-state index in [1.807, 2.05) is 0 Å². The van der Waals surface area contributed by atoms with Crippen molar-refractivity contribution in [3.8, 4) is 0 Å². The van der Waals surface area contributed by atoms with Crippen LogP contribution in [0.5, 0.6) is 0 Å². The van der Waals surface area contributed by atoms with Crippen molar-refractivity contribution in [1.29, 1.82) is 0 Å². The zero-order valence-electron chi connectivity index (χ0n) is 11.3. The van der Waals surface area contributed by atoms with Gasteiger partial charge in [0.05, 0.1) is 5.69 Å². The molecular formula is C13H23N3S2. The second-order valence-electron chi connectivity index (χ2n) is 4.68. The minimum absolute atomic E-state index is 0.372. The SMILES string of the molecule is CCCNC(C)c1csc(N2CCCSCC2)n1. The minimum atomic E-state index is 0.372. The maximum atomic E-state index is 4.80. The number of nitrogens with zero attached hydrogens (tertiary/aromatic N) is 2. The molecule has 102 valence electrons. The fourth-order valence-electron chi connectivity index (χ4n) is 2.02. The van der Waals surface area contributed by atoms with Gasteiger partial charge in [0.1, 0.15) is 0 Å². The van der Waals surface area contributed by atoms with Gasteiger partial charge in [-0.3, -0.25) is 0 Å². The van der Waals surface area contributed by atoms with E-state index in [2.05, 4.69) is 41.2 Å². The first kappa shape index (κ1) is 14.2. The molecule has 0 radical (unpaired) electrons. The number of anilines is 1. The van der Waals surface area contributed by atoms with Gasteiger partial charge in [-0.1, -0.05) is 6.92 Å². The van der Waals surface area contributed by atoms with Crippen molar-refractivity contribution in [3.63, 3.8) is 0 Å². The van der Waals surface area contributed by atoms with Crippen molar-refractivity contribution in [2.45, 2.75) is 32.7 Å². The molecule has 0 aromatic carbocycles. The summed E-state index contributed by atoms with van der Waals surface area (Å²) in [6.45, 7) is 7.77. The lowest BCUT2D eigenvalue weighted by molar-refractivity contribution is 0.560. The van der Waals surface area contributed by atoms with Crippen LogP contribution in [0.3, 0.4) is 0 Å². The van der Waals surface area contributed by atoms with Crippen molar-refractivity contribution in [1.82, 2.24) is 10.3 Å². The first-order valence-electron chi connectivity index (χ1n) is 6.82. The Bertz CT molecular complexity index is 346. The Morgan fingerprint density at radius 3 is 3.17 bits per heavy atom. The monoisotopic (exact) mass is 285 g/mol. The molecule has 1 unspecified atom stereocenters. The van der Waals surface area contributed by atoms with Crippen LogP contribution in [-0.4, -0.2) is 36.1 Å². The lowest BCUT2D eigenvalue weighted by Gasteiger charge is -2.18. The summed E-state index contributed by atoms with van der Waals surface area (Å²) in [6, 6.07) is 0.372. The lowest BCUT2D eigenvalue weighted by atomic mass is 10.2. The van der Waals surface area contributed by atoms with E-state index < -0.39 is 0 Å². The first-order valence-corrected chi connectivity index (χ1v) is 8.86. The highest BCUT2D eigenvalue weighted by Gasteiger charge is 2.15. The average Bonchev–Trinajstić information content (AvgIpc) is 2.72. The number of hydrogen-bond acceptors (Lipinski definition) is 5. The zero-order valence-corrected chi connectivity index (χ0v) is 12.9. The van der Waals surface area contributed by atoms with Gasteiger partial charge in [0.2, 0.25) is 0 Å². The quantitative estimate of drug-likeness (QED) is 0.899. The van der Waals surface area contributed by atoms with Crippen LogP contribution in [0.2, 0.25) is 0 Å². The molecule has 1 aliphatic heterocycles. The fraction of sp³-hybridized carbons (Fsp3) is 0.769. The van der Waals surface area contributed by atoms with E-state index in [1.54, 1.807) is 11.3 Å². The van der Waals surface area contributed by atoms with Crippen LogP contribution in [0.15, 0.2) is 5.38 Å². The second kappa shape index (κ2) is 7.36. The fourth-order valence-corrected chi connectivity index (χ4v) is 3.88. The molecule has 1 aromatic rings. The van der Waals surface area contributed by atoms with Gasteiger partial charge >= 0.3 is 0 Å². The van der Waals surface area contributed by atoms with Gasteiger partial charge in [0, 0.05) is 30.3 Å². The third-order valence-electron chi connectivity index (χ3n) is 3.15. The van der Waals surface area contributed by atoms with Gasteiger partial charge in [0.25, 0.3) is 0 Å². The highest BCUT2D eigenvalue weighted by molar-refractivity contribution is 7.99. The minimum Gasteiger partial charge on any atom is -0.347 e. The molecule has 0 spiro atoms. The van der Waals surface area contributed by atoms with Crippen molar-refractivity contribution >= 4 is 28.2 Å². The van der Waals surface area contributed by atoms with Gasteiger partial charge in [-0.15, -0.1) is 11.3 Å². The number of aromatic nitrogens is 1. The molecule has 1 fully saturated rings. The van der Waals surface area contributed by atoms with E-state index in [4.69, 9.17) is 4.98 Å². The maximum absolute atomic E-state index is 4.80. The average molecular weight is 285 g/mol. The molecule has 0 aliphatic carbocycles. The number of rotatable bonds is 5. The molecule has 0 amide bonds. The molecule has 18 heavy (non-hydrogen) atoms. The molecule has 1 N–H and O–H groups in total. The lowest BCUT2D eigenvalue weighted by Crippen LogP contribution is -2.25. The highest BCUT2D eigenvalue weighted by atomic mass is 32.2. The van der Waals surface area contributed by atoms with Crippen LogP contribution < -0.4 is 10.2 Å². The topological polar surface area (TPSA) is 28.2 Å². The van der Waals surface area contributed by atoms with Crippen molar-refractivity contribution in [3.05, 3.63) is 11.1 Å². The Morgan fingerprint density at radius 2 is 2.33 bits per heavy atom. The van der Waals surface area contributed by atoms with E-state index in [0.29, 0.717) is 6.04 Å². The Balaban J connectivity index is 1.95. The zero-order chi connectivity index (χ0) is 12.8. The summed E-state index contributed by atoms with van der Waals surface area (Å²) in [5.41, 5.74) is 1.19. The molecule has 5 heteroatoms. The summed E-state index contributed by atoms with van der Waals surface area (Å²) in [6.07, 6.45) is 2.45. The Labute approximate surface area is 118 Å². The molecule has 1 aliphatic rings. The standard InChI is InChI=1S/C13H23N3S2/c1-3-5-14-11(2)12-10-18-13(15-12)16-6-4-8-17-9-7-16/h10-11,14H,3-9H2,1-2H3. The Kier molecular flexibility index (Phi) is 5.79. The third-order valence-corrected chi connectivity index (χ3v) is 5.12. The van der Waals surface area contributed by atoms with Crippen molar-refractivity contribution in [2.24, 2.45) is 0 Å². The van der Waals surface area contributed by atoms with Crippen LogP contribution in [0.1, 0.15) is 38.4 Å². The third kappa shape index (κ3) is 3.87. The molecule has 2 heterocycles.